The Labute approximate surface area is 171 Å². The smallest absolute Gasteiger partial charge is 0.258 e. The second kappa shape index (κ2) is 9.57. The standard InChI is InChI=1S/C21H20FN5O3/c22-15-4-7-18-14(10-15)11-17(21(30)26-18)19(27-23)12-25-16-5-2-13(3-6-16)20(29)24-8-1-9-28/h2-7,10-12,28H,1,8-9,23H2,(H,24,29)(H,26,30). The molecule has 3 aromatic rings. The van der Waals surface area contributed by atoms with E-state index in [0.29, 0.717) is 35.1 Å². The molecule has 0 aliphatic carbocycles. The van der Waals surface area contributed by atoms with Crippen LogP contribution in [0.1, 0.15) is 22.3 Å². The molecule has 0 saturated heterocycles. The predicted molar refractivity (Wildman–Crippen MR) is 114 cm³/mol. The fourth-order valence-corrected chi connectivity index (χ4v) is 2.76. The molecule has 0 bridgehead atoms. The first-order valence-electron chi connectivity index (χ1n) is 9.16. The second-order valence-corrected chi connectivity index (χ2v) is 6.40. The summed E-state index contributed by atoms with van der Waals surface area (Å²) in [6.07, 6.45) is 1.81. The summed E-state index contributed by atoms with van der Waals surface area (Å²) in [6, 6.07) is 12.0. The Morgan fingerprint density at radius 1 is 1.20 bits per heavy atom. The van der Waals surface area contributed by atoms with Gasteiger partial charge in [-0.3, -0.25) is 14.6 Å². The van der Waals surface area contributed by atoms with Gasteiger partial charge in [-0.25, -0.2) is 4.39 Å². The Hall–Kier alpha value is -3.85. The number of carbonyl (C=O) groups is 1. The van der Waals surface area contributed by atoms with E-state index < -0.39 is 11.4 Å². The predicted octanol–water partition coefficient (Wildman–Crippen LogP) is 1.84. The lowest BCUT2D eigenvalue weighted by molar-refractivity contribution is 0.0951. The van der Waals surface area contributed by atoms with Crippen molar-refractivity contribution in [3.8, 4) is 0 Å². The molecule has 0 fully saturated rings. The molecule has 8 nitrogen and oxygen atoms in total. The van der Waals surface area contributed by atoms with Crippen LogP contribution in [0.3, 0.4) is 0 Å². The molecule has 0 saturated carbocycles. The summed E-state index contributed by atoms with van der Waals surface area (Å²) in [5.41, 5.74) is 1.30. The Morgan fingerprint density at radius 3 is 2.67 bits per heavy atom. The van der Waals surface area contributed by atoms with E-state index in [4.69, 9.17) is 10.9 Å². The third kappa shape index (κ3) is 4.95. The average Bonchev–Trinajstić information content (AvgIpc) is 2.75. The minimum atomic E-state index is -0.431. The Bertz CT molecular complexity index is 1170. The maximum absolute atomic E-state index is 13.5. The van der Waals surface area contributed by atoms with Crippen molar-refractivity contribution >= 4 is 34.4 Å². The van der Waals surface area contributed by atoms with Crippen LogP contribution >= 0.6 is 0 Å². The fourth-order valence-electron chi connectivity index (χ4n) is 2.76. The third-order valence-electron chi connectivity index (χ3n) is 4.31. The van der Waals surface area contributed by atoms with E-state index >= 15 is 0 Å². The van der Waals surface area contributed by atoms with Gasteiger partial charge in [0.25, 0.3) is 11.5 Å². The van der Waals surface area contributed by atoms with Crippen molar-refractivity contribution in [2.24, 2.45) is 15.9 Å². The van der Waals surface area contributed by atoms with Crippen molar-refractivity contribution < 1.29 is 14.3 Å². The number of carbonyl (C=O) groups excluding carboxylic acids is 1. The van der Waals surface area contributed by atoms with Crippen molar-refractivity contribution in [2.45, 2.75) is 6.42 Å². The molecular weight excluding hydrogens is 389 g/mol. The molecular formula is C21H20FN5O3. The third-order valence-corrected chi connectivity index (χ3v) is 4.31. The van der Waals surface area contributed by atoms with Gasteiger partial charge in [0.1, 0.15) is 11.5 Å². The van der Waals surface area contributed by atoms with E-state index in [1.54, 1.807) is 24.3 Å². The Morgan fingerprint density at radius 2 is 1.97 bits per heavy atom. The number of rotatable bonds is 7. The second-order valence-electron chi connectivity index (χ2n) is 6.40. The highest BCUT2D eigenvalue weighted by Gasteiger charge is 2.09. The van der Waals surface area contributed by atoms with Crippen LogP contribution in [0, 0.1) is 5.82 Å². The highest BCUT2D eigenvalue weighted by atomic mass is 19.1. The number of hydrazone groups is 1. The number of H-pyrrole nitrogens is 1. The van der Waals surface area contributed by atoms with E-state index in [-0.39, 0.29) is 23.8 Å². The average molecular weight is 409 g/mol. The zero-order chi connectivity index (χ0) is 21.5. The van der Waals surface area contributed by atoms with Gasteiger partial charge in [0.05, 0.1) is 17.5 Å². The lowest BCUT2D eigenvalue weighted by Crippen LogP contribution is -2.24. The lowest BCUT2D eigenvalue weighted by Gasteiger charge is -2.04. The number of aliphatic hydroxyl groups is 1. The van der Waals surface area contributed by atoms with Crippen LogP contribution in [0.25, 0.3) is 10.9 Å². The van der Waals surface area contributed by atoms with Crippen LogP contribution in [0.5, 0.6) is 0 Å². The summed E-state index contributed by atoms with van der Waals surface area (Å²) in [4.78, 5) is 31.2. The van der Waals surface area contributed by atoms with Crippen LogP contribution < -0.4 is 16.7 Å². The van der Waals surface area contributed by atoms with Crippen LogP contribution in [0.15, 0.2) is 63.4 Å². The largest absolute Gasteiger partial charge is 0.396 e. The minimum absolute atomic E-state index is 0.00788. The number of amides is 1. The summed E-state index contributed by atoms with van der Waals surface area (Å²) in [6.45, 7) is 0.393. The molecule has 3 rings (SSSR count). The molecule has 0 aliphatic heterocycles. The number of benzene rings is 2. The number of hydrogen-bond donors (Lipinski definition) is 4. The van der Waals surface area contributed by atoms with Crippen molar-refractivity contribution in [2.75, 3.05) is 13.2 Å². The van der Waals surface area contributed by atoms with E-state index in [0.717, 1.165) is 0 Å². The number of aromatic nitrogens is 1. The quantitative estimate of drug-likeness (QED) is 0.205. The van der Waals surface area contributed by atoms with Gasteiger partial charge in [0, 0.05) is 29.6 Å². The van der Waals surface area contributed by atoms with Crippen LogP contribution in [0.2, 0.25) is 0 Å². The van der Waals surface area contributed by atoms with Gasteiger partial charge in [0.15, 0.2) is 0 Å². The Balaban J connectivity index is 1.79. The maximum atomic E-state index is 13.5. The number of aliphatic imine (C=N–C) groups is 1. The molecule has 1 heterocycles. The minimum Gasteiger partial charge on any atom is -0.396 e. The molecule has 0 aliphatic rings. The lowest BCUT2D eigenvalue weighted by atomic mass is 10.1. The van der Waals surface area contributed by atoms with Gasteiger partial charge in [-0.05, 0) is 55.0 Å². The topological polar surface area (TPSA) is 133 Å². The SMILES string of the molecule is NN=C(C=Nc1ccc(C(=O)NCCCO)cc1)c1cc2cc(F)ccc2[nH]c1=O. The summed E-state index contributed by atoms with van der Waals surface area (Å²) >= 11 is 0. The Kier molecular flexibility index (Phi) is 6.66. The van der Waals surface area contributed by atoms with Gasteiger partial charge < -0.3 is 21.2 Å². The van der Waals surface area contributed by atoms with E-state index in [9.17, 15) is 14.0 Å². The van der Waals surface area contributed by atoms with E-state index in [1.807, 2.05) is 0 Å². The number of nitrogens with one attached hydrogen (secondary N) is 2. The first-order valence-corrected chi connectivity index (χ1v) is 9.16. The van der Waals surface area contributed by atoms with Gasteiger partial charge in [0.2, 0.25) is 0 Å². The summed E-state index contributed by atoms with van der Waals surface area (Å²) in [7, 11) is 0. The zero-order valence-corrected chi connectivity index (χ0v) is 15.9. The molecule has 5 N–H and O–H groups in total. The maximum Gasteiger partial charge on any atom is 0.258 e. The summed E-state index contributed by atoms with van der Waals surface area (Å²) in [5, 5.41) is 15.6. The molecule has 1 amide bonds. The summed E-state index contributed by atoms with van der Waals surface area (Å²) < 4.78 is 13.5. The molecule has 2 aromatic carbocycles. The highest BCUT2D eigenvalue weighted by Crippen LogP contribution is 2.15. The number of fused-ring (bicyclic) bond motifs is 1. The molecule has 154 valence electrons. The molecule has 0 radical (unpaired) electrons. The zero-order valence-electron chi connectivity index (χ0n) is 15.9. The number of nitrogens with two attached hydrogens (primary N) is 1. The molecule has 0 spiro atoms. The van der Waals surface area contributed by atoms with Crippen LogP contribution in [0.4, 0.5) is 10.1 Å². The van der Waals surface area contributed by atoms with Crippen molar-refractivity contribution in [1.29, 1.82) is 0 Å². The first-order chi connectivity index (χ1) is 14.5. The molecule has 30 heavy (non-hydrogen) atoms. The number of halogens is 1. The van der Waals surface area contributed by atoms with Gasteiger partial charge in [-0.15, -0.1) is 0 Å². The first kappa shape index (κ1) is 20.9. The normalized spacial score (nSPS) is 11.9. The number of aromatic amines is 1. The summed E-state index contributed by atoms with van der Waals surface area (Å²) in [5.74, 6) is 4.75. The van der Waals surface area contributed by atoms with Gasteiger partial charge >= 0.3 is 0 Å². The fraction of sp³-hybridized carbons (Fsp3) is 0.143. The van der Waals surface area contributed by atoms with Crippen LogP contribution in [-0.2, 0) is 0 Å². The van der Waals surface area contributed by atoms with Gasteiger partial charge in [-0.1, -0.05) is 0 Å². The van der Waals surface area contributed by atoms with E-state index in [2.05, 4.69) is 20.4 Å². The van der Waals surface area contributed by atoms with Crippen molar-refractivity contribution in [3.63, 3.8) is 0 Å². The highest BCUT2D eigenvalue weighted by molar-refractivity contribution is 6.38. The molecule has 0 unspecified atom stereocenters. The molecule has 1 aromatic heterocycles. The molecule has 0 atom stereocenters. The van der Waals surface area contributed by atoms with Crippen LogP contribution in [-0.4, -0.2) is 41.1 Å². The van der Waals surface area contributed by atoms with E-state index in [1.165, 1.54) is 30.5 Å². The number of aliphatic hydroxyl groups excluding tert-OH is 1. The monoisotopic (exact) mass is 409 g/mol. The van der Waals surface area contributed by atoms with Crippen molar-refractivity contribution in [3.05, 3.63) is 75.8 Å². The number of hydrogen-bond acceptors (Lipinski definition) is 6. The van der Waals surface area contributed by atoms with Crippen molar-refractivity contribution in [1.82, 2.24) is 10.3 Å². The van der Waals surface area contributed by atoms with Gasteiger partial charge in [-0.2, -0.15) is 5.10 Å². The number of nitrogens with zero attached hydrogens (tertiary/aromatic N) is 2. The molecule has 9 heteroatoms. The number of pyridine rings is 1.